The van der Waals surface area contributed by atoms with Crippen molar-refractivity contribution in [2.24, 2.45) is 11.8 Å². The normalized spacial score (nSPS) is 25.5. The van der Waals surface area contributed by atoms with Gasteiger partial charge in [0.25, 0.3) is 5.91 Å². The lowest BCUT2D eigenvalue weighted by molar-refractivity contribution is 0.0760. The van der Waals surface area contributed by atoms with Gasteiger partial charge >= 0.3 is 0 Å². The number of amides is 1. The van der Waals surface area contributed by atoms with Crippen LogP contribution in [0.1, 0.15) is 23.2 Å². The third-order valence-electron chi connectivity index (χ3n) is 5.02. The number of carbonyl (C=O) groups is 1. The van der Waals surface area contributed by atoms with Gasteiger partial charge in [-0.3, -0.25) is 4.79 Å². The molecule has 0 radical (unpaired) electrons. The average Bonchev–Trinajstić information content (AvgIpc) is 3.19. The lowest BCUT2D eigenvalue weighted by atomic mass is 9.99. The van der Waals surface area contributed by atoms with Crippen molar-refractivity contribution in [2.45, 2.75) is 18.9 Å². The van der Waals surface area contributed by atoms with Crippen molar-refractivity contribution >= 4 is 5.91 Å². The second-order valence-electron chi connectivity index (χ2n) is 6.43. The highest BCUT2D eigenvalue weighted by Gasteiger charge is 2.45. The second-order valence-corrected chi connectivity index (χ2v) is 6.43. The number of carbonyl (C=O) groups excluding carboxylic acids is 1. The number of hydrogen-bond donors (Lipinski definition) is 0. The molecule has 3 atom stereocenters. The van der Waals surface area contributed by atoms with Gasteiger partial charge in [0.1, 0.15) is 6.10 Å². The fourth-order valence-corrected chi connectivity index (χ4v) is 3.83. The Morgan fingerprint density at radius 2 is 2.04 bits per heavy atom. The van der Waals surface area contributed by atoms with E-state index in [2.05, 4.69) is 10.2 Å². The zero-order valence-corrected chi connectivity index (χ0v) is 13.1. The van der Waals surface area contributed by atoms with Gasteiger partial charge in [0.2, 0.25) is 0 Å². The molecule has 124 valence electrons. The molecule has 1 aromatic carbocycles. The average molecular weight is 327 g/mol. The number of aromatic nitrogens is 2. The minimum absolute atomic E-state index is 0.0241. The van der Waals surface area contributed by atoms with Crippen LogP contribution in [0, 0.1) is 17.7 Å². The van der Waals surface area contributed by atoms with E-state index in [1.54, 1.807) is 24.3 Å². The van der Waals surface area contributed by atoms with Gasteiger partial charge in [0.05, 0.1) is 18.0 Å². The van der Waals surface area contributed by atoms with Crippen LogP contribution in [0.4, 0.5) is 4.39 Å². The highest BCUT2D eigenvalue weighted by molar-refractivity contribution is 5.94. The maximum atomic E-state index is 13.8. The molecule has 2 fully saturated rings. The van der Waals surface area contributed by atoms with Crippen LogP contribution >= 0.6 is 0 Å². The summed E-state index contributed by atoms with van der Waals surface area (Å²) in [5, 5.41) is 7.47. The van der Waals surface area contributed by atoms with Crippen LogP contribution in [-0.2, 0) is 0 Å². The molecule has 2 heterocycles. The summed E-state index contributed by atoms with van der Waals surface area (Å²) in [6.45, 7) is 1.37. The molecule has 0 spiro atoms. The molecule has 1 aliphatic heterocycles. The van der Waals surface area contributed by atoms with Crippen LogP contribution in [0.3, 0.4) is 0 Å². The Labute approximate surface area is 139 Å². The maximum Gasteiger partial charge on any atom is 0.255 e. The molecular formula is C18H18FN3O2. The van der Waals surface area contributed by atoms with E-state index in [9.17, 15) is 9.18 Å². The summed E-state index contributed by atoms with van der Waals surface area (Å²) < 4.78 is 19.7. The fourth-order valence-electron chi connectivity index (χ4n) is 3.83. The minimum Gasteiger partial charge on any atom is -0.487 e. The molecule has 0 bridgehead atoms. The first-order valence-electron chi connectivity index (χ1n) is 8.19. The molecule has 0 N–H and O–H groups in total. The third-order valence-corrected chi connectivity index (χ3v) is 5.02. The number of para-hydroxylation sites is 1. The number of hydrogen-bond acceptors (Lipinski definition) is 4. The number of rotatable bonds is 3. The predicted molar refractivity (Wildman–Crippen MR) is 85.0 cm³/mol. The molecule has 2 aromatic rings. The van der Waals surface area contributed by atoms with Crippen LogP contribution in [0.5, 0.6) is 5.75 Å². The maximum absolute atomic E-state index is 13.8. The van der Waals surface area contributed by atoms with E-state index in [-0.39, 0.29) is 23.7 Å². The highest BCUT2D eigenvalue weighted by atomic mass is 19.1. The van der Waals surface area contributed by atoms with Crippen molar-refractivity contribution in [3.8, 4) is 5.75 Å². The smallest absolute Gasteiger partial charge is 0.255 e. The quantitative estimate of drug-likeness (QED) is 0.869. The zero-order chi connectivity index (χ0) is 16.5. The molecule has 6 heteroatoms. The van der Waals surface area contributed by atoms with Gasteiger partial charge in [0.15, 0.2) is 11.6 Å². The first-order chi connectivity index (χ1) is 11.7. The molecule has 24 heavy (non-hydrogen) atoms. The summed E-state index contributed by atoms with van der Waals surface area (Å²) in [6.07, 6.45) is 4.88. The van der Waals surface area contributed by atoms with E-state index in [4.69, 9.17) is 4.74 Å². The Morgan fingerprint density at radius 3 is 2.83 bits per heavy atom. The van der Waals surface area contributed by atoms with E-state index in [1.165, 1.54) is 18.5 Å². The molecule has 1 saturated carbocycles. The molecule has 1 aliphatic carbocycles. The Kier molecular flexibility index (Phi) is 3.88. The molecule has 1 amide bonds. The van der Waals surface area contributed by atoms with E-state index in [0.717, 1.165) is 19.4 Å². The molecule has 5 nitrogen and oxygen atoms in total. The van der Waals surface area contributed by atoms with Gasteiger partial charge < -0.3 is 9.64 Å². The van der Waals surface area contributed by atoms with Crippen LogP contribution < -0.4 is 4.74 Å². The van der Waals surface area contributed by atoms with Gasteiger partial charge in [-0.05, 0) is 37.0 Å². The van der Waals surface area contributed by atoms with Gasteiger partial charge in [-0.2, -0.15) is 10.2 Å². The zero-order valence-electron chi connectivity index (χ0n) is 13.1. The van der Waals surface area contributed by atoms with E-state index in [0.29, 0.717) is 23.8 Å². The summed E-state index contributed by atoms with van der Waals surface area (Å²) in [7, 11) is 0. The number of likely N-dealkylation sites (tertiary alicyclic amines) is 1. The van der Waals surface area contributed by atoms with Crippen LogP contribution in [-0.4, -0.2) is 40.2 Å². The molecule has 0 unspecified atom stereocenters. The van der Waals surface area contributed by atoms with Crippen LogP contribution in [0.2, 0.25) is 0 Å². The third kappa shape index (κ3) is 2.72. The number of halogens is 1. The van der Waals surface area contributed by atoms with E-state index < -0.39 is 0 Å². The standard InChI is InChI=1S/C18H18FN3O2/c19-15-3-1-2-4-17(15)24-16-6-5-13-10-22(11-14(13)16)18(23)12-7-8-20-21-9-12/h1-4,7-9,13-14,16H,5-6,10-11H2/t13-,14+,16-/m0/s1. The highest BCUT2D eigenvalue weighted by Crippen LogP contribution is 2.40. The Morgan fingerprint density at radius 1 is 1.17 bits per heavy atom. The second kappa shape index (κ2) is 6.19. The number of fused-ring (bicyclic) bond motifs is 1. The molecule has 1 aromatic heterocycles. The minimum atomic E-state index is -0.338. The number of ether oxygens (including phenoxy) is 1. The van der Waals surface area contributed by atoms with E-state index in [1.807, 2.05) is 4.90 Å². The van der Waals surface area contributed by atoms with Crippen molar-refractivity contribution in [3.63, 3.8) is 0 Å². The van der Waals surface area contributed by atoms with E-state index >= 15 is 0 Å². The lowest BCUT2D eigenvalue weighted by Gasteiger charge is -2.22. The Bertz CT molecular complexity index is 740. The van der Waals surface area contributed by atoms with Crippen LogP contribution in [0.25, 0.3) is 0 Å². The summed E-state index contributed by atoms with van der Waals surface area (Å²) >= 11 is 0. The van der Waals surface area contributed by atoms with Gasteiger partial charge in [-0.15, -0.1) is 0 Å². The van der Waals surface area contributed by atoms with Crippen LogP contribution in [0.15, 0.2) is 42.7 Å². The predicted octanol–water partition coefficient (Wildman–Crippen LogP) is 2.55. The van der Waals surface area contributed by atoms with Crippen molar-refractivity contribution in [2.75, 3.05) is 13.1 Å². The summed E-state index contributed by atoms with van der Waals surface area (Å²) in [5.41, 5.74) is 0.552. The fraction of sp³-hybridized carbons (Fsp3) is 0.389. The molecule has 4 rings (SSSR count). The topological polar surface area (TPSA) is 55.3 Å². The first-order valence-corrected chi connectivity index (χ1v) is 8.19. The van der Waals surface area contributed by atoms with Crippen molar-refractivity contribution in [1.29, 1.82) is 0 Å². The Hall–Kier alpha value is -2.50. The Balaban J connectivity index is 1.45. The van der Waals surface area contributed by atoms with Crippen molar-refractivity contribution in [1.82, 2.24) is 15.1 Å². The van der Waals surface area contributed by atoms with Gasteiger partial charge in [-0.25, -0.2) is 4.39 Å². The monoisotopic (exact) mass is 327 g/mol. The SMILES string of the molecule is O=C(c1ccnnc1)N1C[C@@H]2CC[C@H](Oc3ccccc3F)[C@@H]2C1. The number of benzene rings is 1. The van der Waals surface area contributed by atoms with Gasteiger partial charge in [-0.1, -0.05) is 12.1 Å². The van der Waals surface area contributed by atoms with Crippen molar-refractivity contribution in [3.05, 3.63) is 54.1 Å². The summed E-state index contributed by atoms with van der Waals surface area (Å²) in [6, 6.07) is 8.16. The van der Waals surface area contributed by atoms with Gasteiger partial charge in [0, 0.05) is 19.0 Å². The first kappa shape index (κ1) is 15.1. The summed E-state index contributed by atoms with van der Waals surface area (Å²) in [4.78, 5) is 14.4. The van der Waals surface area contributed by atoms with Crippen molar-refractivity contribution < 1.29 is 13.9 Å². The molecule has 2 aliphatic rings. The lowest BCUT2D eigenvalue weighted by Crippen LogP contribution is -2.32. The number of nitrogens with zero attached hydrogens (tertiary/aromatic N) is 3. The summed E-state index contributed by atoms with van der Waals surface area (Å²) in [5.74, 6) is 0.605. The molecular weight excluding hydrogens is 309 g/mol. The largest absolute Gasteiger partial charge is 0.487 e. The molecule has 1 saturated heterocycles.